The number of rotatable bonds is 5. The zero-order valence-corrected chi connectivity index (χ0v) is 14.3. The van der Waals surface area contributed by atoms with E-state index in [1.165, 1.54) is 18.4 Å². The average Bonchev–Trinajstić information content (AvgIpc) is 3.29. The van der Waals surface area contributed by atoms with Gasteiger partial charge in [-0.05, 0) is 54.7 Å². The van der Waals surface area contributed by atoms with Gasteiger partial charge in [0.15, 0.2) is 0 Å². The molecule has 3 aliphatic rings. The molecule has 5 nitrogen and oxygen atoms in total. The third-order valence-corrected chi connectivity index (χ3v) is 7.77. The van der Waals surface area contributed by atoms with E-state index in [4.69, 9.17) is 0 Å². The Bertz CT molecular complexity index is 642. The van der Waals surface area contributed by atoms with Crippen LogP contribution in [0.25, 0.3) is 0 Å². The second-order valence-electron chi connectivity index (χ2n) is 7.58. The van der Waals surface area contributed by atoms with Crippen LogP contribution in [0.15, 0.2) is 24.5 Å². The van der Waals surface area contributed by atoms with E-state index in [0.29, 0.717) is 30.2 Å². The van der Waals surface area contributed by atoms with E-state index >= 15 is 0 Å². The van der Waals surface area contributed by atoms with E-state index in [1.807, 2.05) is 12.1 Å². The molecule has 1 aliphatic heterocycles. The van der Waals surface area contributed by atoms with Gasteiger partial charge in [-0.25, -0.2) is 8.42 Å². The smallest absolute Gasteiger partial charge is 0.214 e. The number of aromatic nitrogens is 1. The minimum atomic E-state index is -3.07. The fraction of sp³-hybridized carbons (Fsp3) is 0.706. The first-order valence-electron chi connectivity index (χ1n) is 8.64. The second kappa shape index (κ2) is 5.83. The summed E-state index contributed by atoms with van der Waals surface area (Å²) in [5.74, 6) is 0.788. The van der Waals surface area contributed by atoms with Gasteiger partial charge < -0.3 is 0 Å². The number of hydrogen-bond acceptors (Lipinski definition) is 4. The summed E-state index contributed by atoms with van der Waals surface area (Å²) in [5, 5.41) is 0. The molecule has 1 aromatic rings. The predicted octanol–water partition coefficient (Wildman–Crippen LogP) is 1.72. The third kappa shape index (κ3) is 3.44. The second-order valence-corrected chi connectivity index (χ2v) is 9.60. The molecule has 126 valence electrons. The molecule has 1 saturated heterocycles. The molecule has 1 aromatic heterocycles. The molecule has 0 amide bonds. The third-order valence-electron chi connectivity index (χ3n) is 5.73. The molecular weight excluding hydrogens is 310 g/mol. The Balaban J connectivity index is 1.27. The number of sulfonamides is 1. The molecule has 4 rings (SSSR count). The van der Waals surface area contributed by atoms with Gasteiger partial charge in [-0.1, -0.05) is 0 Å². The molecule has 0 N–H and O–H groups in total. The molecule has 23 heavy (non-hydrogen) atoms. The summed E-state index contributed by atoms with van der Waals surface area (Å²) in [4.78, 5) is 6.36. The Labute approximate surface area is 138 Å². The molecule has 0 radical (unpaired) electrons. The minimum Gasteiger partial charge on any atom is -0.296 e. The number of piperazine rings is 1. The average molecular weight is 335 g/mol. The summed E-state index contributed by atoms with van der Waals surface area (Å²) >= 11 is 0. The van der Waals surface area contributed by atoms with Crippen molar-refractivity contribution >= 4 is 10.0 Å². The van der Waals surface area contributed by atoms with Gasteiger partial charge in [0.1, 0.15) is 0 Å². The molecule has 0 bridgehead atoms. The Morgan fingerprint density at radius 1 is 1.09 bits per heavy atom. The Kier molecular flexibility index (Phi) is 3.94. The van der Waals surface area contributed by atoms with Crippen LogP contribution in [-0.2, 0) is 16.6 Å². The molecule has 0 aromatic carbocycles. The van der Waals surface area contributed by atoms with Gasteiger partial charge in [0.2, 0.25) is 10.0 Å². The minimum absolute atomic E-state index is 0.374. The fourth-order valence-corrected chi connectivity index (χ4v) is 5.95. The van der Waals surface area contributed by atoms with E-state index in [0.717, 1.165) is 32.5 Å². The highest BCUT2D eigenvalue weighted by molar-refractivity contribution is 7.89. The van der Waals surface area contributed by atoms with Gasteiger partial charge in [-0.15, -0.1) is 0 Å². The largest absolute Gasteiger partial charge is 0.296 e. The van der Waals surface area contributed by atoms with Crippen LogP contribution in [0.1, 0.15) is 31.2 Å². The maximum atomic E-state index is 12.6. The SMILES string of the molecule is O=S(=O)(CC1CC2(CC2)C1)N1CCN(Cc2ccncc2)CC1. The summed E-state index contributed by atoms with van der Waals surface area (Å²) in [5.41, 5.74) is 1.82. The first-order valence-corrected chi connectivity index (χ1v) is 10.2. The first kappa shape index (κ1) is 15.5. The van der Waals surface area contributed by atoms with E-state index in [1.54, 1.807) is 16.7 Å². The highest BCUT2D eigenvalue weighted by Gasteiger charge is 2.53. The van der Waals surface area contributed by atoms with Gasteiger partial charge in [-0.3, -0.25) is 9.88 Å². The van der Waals surface area contributed by atoms with Gasteiger partial charge in [0.05, 0.1) is 5.75 Å². The van der Waals surface area contributed by atoms with Crippen molar-refractivity contribution < 1.29 is 8.42 Å². The topological polar surface area (TPSA) is 53.5 Å². The maximum Gasteiger partial charge on any atom is 0.214 e. The van der Waals surface area contributed by atoms with Crippen molar-refractivity contribution in [1.82, 2.24) is 14.2 Å². The fourth-order valence-electron chi connectivity index (χ4n) is 4.18. The van der Waals surface area contributed by atoms with Gasteiger partial charge >= 0.3 is 0 Å². The Morgan fingerprint density at radius 2 is 1.74 bits per heavy atom. The van der Waals surface area contributed by atoms with Gasteiger partial charge in [0.25, 0.3) is 0 Å². The standard InChI is InChI=1S/C17H25N3O2S/c21-23(22,14-16-11-17(12-16)3-4-17)20-9-7-19(8-10-20)13-15-1-5-18-6-2-15/h1-2,5-6,16H,3-4,7-14H2. The lowest BCUT2D eigenvalue weighted by Gasteiger charge is -2.38. The van der Waals surface area contributed by atoms with Crippen LogP contribution in [0.3, 0.4) is 0 Å². The summed E-state index contributed by atoms with van der Waals surface area (Å²) < 4.78 is 26.9. The van der Waals surface area contributed by atoms with Gasteiger partial charge in [0, 0.05) is 45.1 Å². The molecule has 3 fully saturated rings. The summed E-state index contributed by atoms with van der Waals surface area (Å²) in [6.07, 6.45) is 8.57. The summed E-state index contributed by atoms with van der Waals surface area (Å²) in [7, 11) is -3.07. The molecule has 0 atom stereocenters. The van der Waals surface area contributed by atoms with E-state index < -0.39 is 10.0 Å². The summed E-state index contributed by atoms with van der Waals surface area (Å²) in [6, 6.07) is 4.04. The van der Waals surface area contributed by atoms with Crippen LogP contribution in [0.2, 0.25) is 0 Å². The number of nitrogens with zero attached hydrogens (tertiary/aromatic N) is 3. The predicted molar refractivity (Wildman–Crippen MR) is 89.3 cm³/mol. The van der Waals surface area contributed by atoms with Crippen molar-refractivity contribution in [2.45, 2.75) is 32.2 Å². The number of hydrogen-bond donors (Lipinski definition) is 0. The van der Waals surface area contributed by atoms with E-state index in [2.05, 4.69) is 9.88 Å². The van der Waals surface area contributed by atoms with Gasteiger partial charge in [-0.2, -0.15) is 4.31 Å². The van der Waals surface area contributed by atoms with Crippen molar-refractivity contribution in [3.8, 4) is 0 Å². The lowest BCUT2D eigenvalue weighted by atomic mass is 9.73. The molecule has 6 heteroatoms. The highest BCUT2D eigenvalue weighted by atomic mass is 32.2. The lowest BCUT2D eigenvalue weighted by molar-refractivity contribution is 0.171. The molecule has 1 spiro atoms. The molecule has 2 aliphatic carbocycles. The summed E-state index contributed by atoms with van der Waals surface area (Å²) in [6.45, 7) is 3.77. The van der Waals surface area contributed by atoms with E-state index in [9.17, 15) is 8.42 Å². The Hall–Kier alpha value is -0.980. The highest BCUT2D eigenvalue weighted by Crippen LogP contribution is 2.63. The molecule has 0 unspecified atom stereocenters. The first-order chi connectivity index (χ1) is 11.0. The van der Waals surface area contributed by atoms with Crippen LogP contribution in [0.5, 0.6) is 0 Å². The zero-order chi connectivity index (χ0) is 15.9. The van der Waals surface area contributed by atoms with E-state index in [-0.39, 0.29) is 0 Å². The van der Waals surface area contributed by atoms with Crippen LogP contribution in [-0.4, -0.2) is 54.5 Å². The Morgan fingerprint density at radius 3 is 2.35 bits per heavy atom. The maximum absolute atomic E-state index is 12.6. The van der Waals surface area contributed by atoms with Crippen molar-refractivity contribution in [2.75, 3.05) is 31.9 Å². The molecule has 2 saturated carbocycles. The molecular formula is C17H25N3O2S. The van der Waals surface area contributed by atoms with Crippen LogP contribution < -0.4 is 0 Å². The van der Waals surface area contributed by atoms with Crippen LogP contribution in [0.4, 0.5) is 0 Å². The quantitative estimate of drug-likeness (QED) is 0.822. The molecule has 2 heterocycles. The lowest BCUT2D eigenvalue weighted by Crippen LogP contribution is -2.50. The van der Waals surface area contributed by atoms with Crippen LogP contribution in [0, 0.1) is 11.3 Å². The van der Waals surface area contributed by atoms with Crippen molar-refractivity contribution in [1.29, 1.82) is 0 Å². The van der Waals surface area contributed by atoms with Crippen molar-refractivity contribution in [3.05, 3.63) is 30.1 Å². The van der Waals surface area contributed by atoms with Crippen LogP contribution >= 0.6 is 0 Å². The monoisotopic (exact) mass is 335 g/mol. The zero-order valence-electron chi connectivity index (χ0n) is 13.5. The number of pyridine rings is 1. The van der Waals surface area contributed by atoms with Crippen molar-refractivity contribution in [3.63, 3.8) is 0 Å². The normalized spacial score (nSPS) is 25.4. The van der Waals surface area contributed by atoms with Crippen molar-refractivity contribution in [2.24, 2.45) is 11.3 Å².